The highest BCUT2D eigenvalue weighted by molar-refractivity contribution is 5.62. The third kappa shape index (κ3) is 3.11. The molecule has 7 heteroatoms. The molecule has 0 bridgehead atoms. The number of hydrogen-bond donors (Lipinski definition) is 1. The van der Waals surface area contributed by atoms with Gasteiger partial charge in [0.2, 0.25) is 5.82 Å². The second-order valence-electron chi connectivity index (χ2n) is 4.55. The SMILES string of the molecule is C=CCN(CCO)c1c([N+](=O)[O-])c(C(C)C)nn1C. The number of aliphatic hydroxyl groups excluding tert-OH is 1. The molecule has 0 atom stereocenters. The fourth-order valence-corrected chi connectivity index (χ4v) is 2.00. The van der Waals surface area contributed by atoms with E-state index in [1.807, 2.05) is 13.8 Å². The molecule has 0 aliphatic rings. The van der Waals surface area contributed by atoms with Gasteiger partial charge in [0.15, 0.2) is 0 Å². The van der Waals surface area contributed by atoms with Crippen LogP contribution < -0.4 is 4.90 Å². The highest BCUT2D eigenvalue weighted by Gasteiger charge is 2.31. The Balaban J connectivity index is 3.38. The lowest BCUT2D eigenvalue weighted by molar-refractivity contribution is -0.385. The van der Waals surface area contributed by atoms with Gasteiger partial charge in [-0.1, -0.05) is 19.9 Å². The number of rotatable bonds is 7. The molecular formula is C12H20N4O3. The highest BCUT2D eigenvalue weighted by atomic mass is 16.6. The average molecular weight is 268 g/mol. The Labute approximate surface area is 112 Å². The molecular weight excluding hydrogens is 248 g/mol. The maximum Gasteiger partial charge on any atom is 0.334 e. The van der Waals surface area contributed by atoms with E-state index in [-0.39, 0.29) is 18.2 Å². The Morgan fingerprint density at radius 1 is 1.63 bits per heavy atom. The molecule has 0 saturated heterocycles. The van der Waals surface area contributed by atoms with Gasteiger partial charge in [0.05, 0.1) is 11.5 Å². The van der Waals surface area contributed by atoms with Crippen LogP contribution in [0.4, 0.5) is 11.5 Å². The predicted octanol–water partition coefficient (Wildman–Crippen LogP) is 1.44. The number of aliphatic hydroxyl groups is 1. The van der Waals surface area contributed by atoms with Crippen molar-refractivity contribution in [2.24, 2.45) is 7.05 Å². The summed E-state index contributed by atoms with van der Waals surface area (Å²) in [5.74, 6) is 0.364. The van der Waals surface area contributed by atoms with Crippen LogP contribution in [0.2, 0.25) is 0 Å². The molecule has 0 amide bonds. The van der Waals surface area contributed by atoms with E-state index in [1.165, 1.54) is 4.68 Å². The number of hydrogen-bond acceptors (Lipinski definition) is 5. The molecule has 0 aliphatic carbocycles. The van der Waals surface area contributed by atoms with Crippen molar-refractivity contribution in [1.82, 2.24) is 9.78 Å². The molecule has 1 aromatic heterocycles. The van der Waals surface area contributed by atoms with Crippen LogP contribution in [-0.4, -0.2) is 39.5 Å². The zero-order chi connectivity index (χ0) is 14.6. The van der Waals surface area contributed by atoms with Crippen molar-refractivity contribution in [2.45, 2.75) is 19.8 Å². The van der Waals surface area contributed by atoms with Gasteiger partial charge < -0.3 is 10.0 Å². The average Bonchev–Trinajstić information content (AvgIpc) is 2.67. The summed E-state index contributed by atoms with van der Waals surface area (Å²) in [6.07, 6.45) is 1.64. The summed E-state index contributed by atoms with van der Waals surface area (Å²) < 4.78 is 1.49. The van der Waals surface area contributed by atoms with Gasteiger partial charge in [0, 0.05) is 26.1 Å². The van der Waals surface area contributed by atoms with E-state index in [0.29, 0.717) is 24.6 Å². The minimum absolute atomic E-state index is 0.00722. The minimum Gasteiger partial charge on any atom is -0.395 e. The van der Waals surface area contributed by atoms with Gasteiger partial charge in [-0.3, -0.25) is 10.1 Å². The predicted molar refractivity (Wildman–Crippen MR) is 73.4 cm³/mol. The first kappa shape index (κ1) is 15.2. The lowest BCUT2D eigenvalue weighted by Gasteiger charge is -2.21. The zero-order valence-electron chi connectivity index (χ0n) is 11.5. The van der Waals surface area contributed by atoms with Gasteiger partial charge in [-0.15, -0.1) is 6.58 Å². The van der Waals surface area contributed by atoms with E-state index in [0.717, 1.165) is 0 Å². The molecule has 19 heavy (non-hydrogen) atoms. The number of nitrogens with zero attached hydrogens (tertiary/aromatic N) is 4. The maximum atomic E-state index is 11.3. The van der Waals surface area contributed by atoms with Crippen LogP contribution in [0.5, 0.6) is 0 Å². The third-order valence-corrected chi connectivity index (χ3v) is 2.77. The summed E-state index contributed by atoms with van der Waals surface area (Å²) in [5, 5.41) is 24.6. The first-order chi connectivity index (χ1) is 8.93. The molecule has 0 saturated carbocycles. The number of anilines is 1. The van der Waals surface area contributed by atoms with Gasteiger partial charge in [0.1, 0.15) is 5.69 Å². The molecule has 0 spiro atoms. The first-order valence-electron chi connectivity index (χ1n) is 6.12. The molecule has 0 radical (unpaired) electrons. The normalized spacial score (nSPS) is 10.8. The van der Waals surface area contributed by atoms with Crippen molar-refractivity contribution in [3.05, 3.63) is 28.5 Å². The molecule has 0 fully saturated rings. The Bertz CT molecular complexity index is 468. The fraction of sp³-hybridized carbons (Fsp3) is 0.583. The lowest BCUT2D eigenvalue weighted by Crippen LogP contribution is -2.29. The van der Waals surface area contributed by atoms with Crippen molar-refractivity contribution in [1.29, 1.82) is 0 Å². The summed E-state index contributed by atoms with van der Waals surface area (Å²) in [4.78, 5) is 12.6. The van der Waals surface area contributed by atoms with Crippen LogP contribution in [0.1, 0.15) is 25.5 Å². The van der Waals surface area contributed by atoms with Crippen LogP contribution in [0, 0.1) is 10.1 Å². The Morgan fingerprint density at radius 2 is 2.26 bits per heavy atom. The van der Waals surface area contributed by atoms with E-state index < -0.39 is 4.92 Å². The molecule has 0 aromatic carbocycles. The van der Waals surface area contributed by atoms with Crippen molar-refractivity contribution in [3.8, 4) is 0 Å². The number of aromatic nitrogens is 2. The molecule has 7 nitrogen and oxygen atoms in total. The Kier molecular flexibility index (Phi) is 5.05. The van der Waals surface area contributed by atoms with Crippen molar-refractivity contribution < 1.29 is 10.0 Å². The van der Waals surface area contributed by atoms with Crippen molar-refractivity contribution in [3.63, 3.8) is 0 Å². The lowest BCUT2D eigenvalue weighted by atomic mass is 10.1. The second-order valence-corrected chi connectivity index (χ2v) is 4.55. The number of aryl methyl sites for hydroxylation is 1. The first-order valence-corrected chi connectivity index (χ1v) is 6.12. The minimum atomic E-state index is -0.412. The van der Waals surface area contributed by atoms with Crippen LogP contribution >= 0.6 is 0 Å². The second kappa shape index (κ2) is 6.33. The zero-order valence-corrected chi connectivity index (χ0v) is 11.5. The van der Waals surface area contributed by atoms with Gasteiger partial charge >= 0.3 is 5.69 Å². The highest BCUT2D eigenvalue weighted by Crippen LogP contribution is 2.35. The van der Waals surface area contributed by atoms with E-state index in [1.54, 1.807) is 18.0 Å². The van der Waals surface area contributed by atoms with E-state index in [9.17, 15) is 10.1 Å². The van der Waals surface area contributed by atoms with Crippen LogP contribution in [0.15, 0.2) is 12.7 Å². The fourth-order valence-electron chi connectivity index (χ4n) is 2.00. The molecule has 0 unspecified atom stereocenters. The van der Waals surface area contributed by atoms with Gasteiger partial charge in [0.25, 0.3) is 0 Å². The van der Waals surface area contributed by atoms with Crippen LogP contribution in [0.3, 0.4) is 0 Å². The Hall–Kier alpha value is -1.89. The smallest absolute Gasteiger partial charge is 0.334 e. The topological polar surface area (TPSA) is 84.4 Å². The van der Waals surface area contributed by atoms with E-state index >= 15 is 0 Å². The van der Waals surface area contributed by atoms with Crippen LogP contribution in [-0.2, 0) is 7.05 Å². The maximum absolute atomic E-state index is 11.3. The largest absolute Gasteiger partial charge is 0.395 e. The van der Waals surface area contributed by atoms with E-state index in [4.69, 9.17) is 5.11 Å². The quantitative estimate of drug-likeness (QED) is 0.459. The van der Waals surface area contributed by atoms with E-state index in [2.05, 4.69) is 11.7 Å². The summed E-state index contributed by atoms with van der Waals surface area (Å²) in [5.41, 5.74) is 0.460. The molecule has 0 aliphatic heterocycles. The standard InChI is InChI=1S/C12H20N4O3/c1-5-6-15(7-8-17)12-11(16(18)19)10(9(2)3)13-14(12)4/h5,9,17H,1,6-8H2,2-4H3. The van der Waals surface area contributed by atoms with Gasteiger partial charge in [-0.25, -0.2) is 4.68 Å². The number of nitro groups is 1. The molecule has 106 valence electrons. The summed E-state index contributed by atoms with van der Waals surface area (Å²) in [7, 11) is 1.67. The molecule has 1 aromatic rings. The molecule has 1 heterocycles. The third-order valence-electron chi connectivity index (χ3n) is 2.77. The van der Waals surface area contributed by atoms with Crippen molar-refractivity contribution in [2.75, 3.05) is 24.6 Å². The van der Waals surface area contributed by atoms with Gasteiger partial charge in [-0.2, -0.15) is 5.10 Å². The summed E-state index contributed by atoms with van der Waals surface area (Å²) in [6, 6.07) is 0. The van der Waals surface area contributed by atoms with Crippen molar-refractivity contribution >= 4 is 11.5 Å². The van der Waals surface area contributed by atoms with Crippen LogP contribution in [0.25, 0.3) is 0 Å². The molecule has 1 rings (SSSR count). The summed E-state index contributed by atoms with van der Waals surface area (Å²) in [6.45, 7) is 7.98. The summed E-state index contributed by atoms with van der Waals surface area (Å²) >= 11 is 0. The monoisotopic (exact) mass is 268 g/mol. The van der Waals surface area contributed by atoms with Gasteiger partial charge in [-0.05, 0) is 0 Å². The Morgan fingerprint density at radius 3 is 2.68 bits per heavy atom. The molecule has 1 N–H and O–H groups in total.